The summed E-state index contributed by atoms with van der Waals surface area (Å²) in [5.74, 6) is 0. The molecule has 0 fully saturated rings. The number of urea groups is 1. The van der Waals surface area contributed by atoms with E-state index in [0.29, 0.717) is 5.69 Å². The molecule has 3 N–H and O–H groups in total. The Morgan fingerprint density at radius 2 is 1.81 bits per heavy atom. The predicted octanol–water partition coefficient (Wildman–Crippen LogP) is 5.34. The van der Waals surface area contributed by atoms with Gasteiger partial charge in [0.05, 0.1) is 10.6 Å². The molecule has 0 unspecified atom stereocenters. The summed E-state index contributed by atoms with van der Waals surface area (Å²) in [6.45, 7) is 0.867. The standard InChI is InChI=1S/C18H15ClF3N3O/c19-15-7-6-13(10-14(15)18(20,21)22)25-17(26)24-12-4-1-3-11(9-12)16-5-2-8-23-16/h1,3-7,9-10,23H,2,8H2,(H2,24,25,26). The molecule has 26 heavy (non-hydrogen) atoms. The van der Waals surface area contributed by atoms with E-state index in [1.54, 1.807) is 18.2 Å². The largest absolute Gasteiger partial charge is 0.417 e. The van der Waals surface area contributed by atoms with Crippen LogP contribution >= 0.6 is 11.6 Å². The maximum atomic E-state index is 12.9. The molecule has 2 amide bonds. The van der Waals surface area contributed by atoms with Crippen LogP contribution in [0.25, 0.3) is 5.70 Å². The third-order valence-electron chi connectivity index (χ3n) is 3.77. The fraction of sp³-hybridized carbons (Fsp3) is 0.167. The van der Waals surface area contributed by atoms with Crippen LogP contribution < -0.4 is 16.0 Å². The van der Waals surface area contributed by atoms with Gasteiger partial charge in [-0.2, -0.15) is 13.2 Å². The normalized spacial score (nSPS) is 13.8. The number of carbonyl (C=O) groups excluding carboxylic acids is 1. The van der Waals surface area contributed by atoms with Crippen LogP contribution in [-0.2, 0) is 6.18 Å². The quantitative estimate of drug-likeness (QED) is 0.672. The van der Waals surface area contributed by atoms with Gasteiger partial charge in [0.1, 0.15) is 0 Å². The van der Waals surface area contributed by atoms with Gasteiger partial charge in [-0.3, -0.25) is 0 Å². The zero-order valence-corrected chi connectivity index (χ0v) is 14.2. The smallest absolute Gasteiger partial charge is 0.385 e. The Bertz CT molecular complexity index is 865. The molecule has 0 aliphatic carbocycles. The zero-order valence-electron chi connectivity index (χ0n) is 13.5. The number of hydrogen-bond acceptors (Lipinski definition) is 2. The second-order valence-electron chi connectivity index (χ2n) is 5.69. The molecular formula is C18H15ClF3N3O. The van der Waals surface area contributed by atoms with Crippen molar-refractivity contribution in [1.82, 2.24) is 5.32 Å². The summed E-state index contributed by atoms with van der Waals surface area (Å²) in [5, 5.41) is 7.80. The van der Waals surface area contributed by atoms with Crippen molar-refractivity contribution in [3.05, 3.63) is 64.7 Å². The first-order valence-corrected chi connectivity index (χ1v) is 8.20. The van der Waals surface area contributed by atoms with Crippen LogP contribution in [0.2, 0.25) is 5.02 Å². The van der Waals surface area contributed by atoms with Crippen LogP contribution in [-0.4, -0.2) is 12.6 Å². The van der Waals surface area contributed by atoms with Crippen molar-refractivity contribution in [2.24, 2.45) is 0 Å². The highest BCUT2D eigenvalue weighted by Crippen LogP contribution is 2.36. The van der Waals surface area contributed by atoms with E-state index in [2.05, 4.69) is 22.0 Å². The highest BCUT2D eigenvalue weighted by molar-refractivity contribution is 6.31. The Hall–Kier alpha value is -2.67. The van der Waals surface area contributed by atoms with Crippen molar-refractivity contribution in [3.8, 4) is 0 Å². The van der Waals surface area contributed by atoms with Crippen molar-refractivity contribution in [2.45, 2.75) is 12.6 Å². The van der Waals surface area contributed by atoms with Crippen LogP contribution in [0.4, 0.5) is 29.3 Å². The van der Waals surface area contributed by atoms with E-state index in [1.165, 1.54) is 6.07 Å². The first-order valence-electron chi connectivity index (χ1n) is 7.82. The molecule has 0 saturated carbocycles. The molecule has 0 aromatic heterocycles. The predicted molar refractivity (Wildman–Crippen MR) is 96.1 cm³/mol. The molecule has 4 nitrogen and oxygen atoms in total. The second-order valence-corrected chi connectivity index (χ2v) is 6.09. The summed E-state index contributed by atoms with van der Waals surface area (Å²) in [7, 11) is 0. The van der Waals surface area contributed by atoms with E-state index in [4.69, 9.17) is 11.6 Å². The summed E-state index contributed by atoms with van der Waals surface area (Å²) in [6.07, 6.45) is -1.60. The number of amides is 2. The molecule has 136 valence electrons. The molecule has 2 aromatic rings. The number of alkyl halides is 3. The van der Waals surface area contributed by atoms with Crippen molar-refractivity contribution >= 4 is 34.7 Å². The van der Waals surface area contributed by atoms with Crippen LogP contribution in [0, 0.1) is 0 Å². The highest BCUT2D eigenvalue weighted by Gasteiger charge is 2.33. The average molecular weight is 382 g/mol. The lowest BCUT2D eigenvalue weighted by atomic mass is 10.1. The van der Waals surface area contributed by atoms with E-state index in [1.807, 2.05) is 6.07 Å². The lowest BCUT2D eigenvalue weighted by molar-refractivity contribution is -0.137. The first kappa shape index (κ1) is 18.1. The van der Waals surface area contributed by atoms with Crippen molar-refractivity contribution < 1.29 is 18.0 Å². The lowest BCUT2D eigenvalue weighted by Gasteiger charge is -2.13. The number of benzene rings is 2. The molecular weight excluding hydrogens is 367 g/mol. The topological polar surface area (TPSA) is 53.2 Å². The number of nitrogens with one attached hydrogen (secondary N) is 3. The van der Waals surface area contributed by atoms with Crippen molar-refractivity contribution in [1.29, 1.82) is 0 Å². The molecule has 3 rings (SSSR count). The Balaban J connectivity index is 1.71. The highest BCUT2D eigenvalue weighted by atomic mass is 35.5. The zero-order chi connectivity index (χ0) is 18.7. The van der Waals surface area contributed by atoms with Crippen LogP contribution in [0.1, 0.15) is 17.5 Å². The Morgan fingerprint density at radius 1 is 1.08 bits per heavy atom. The first-order chi connectivity index (χ1) is 12.3. The monoisotopic (exact) mass is 381 g/mol. The molecule has 0 atom stereocenters. The van der Waals surface area contributed by atoms with Gasteiger partial charge in [-0.15, -0.1) is 0 Å². The van der Waals surface area contributed by atoms with Crippen molar-refractivity contribution in [2.75, 3.05) is 17.2 Å². The van der Waals surface area contributed by atoms with Gasteiger partial charge in [-0.05, 0) is 42.3 Å². The third-order valence-corrected chi connectivity index (χ3v) is 4.10. The summed E-state index contributed by atoms with van der Waals surface area (Å²) in [4.78, 5) is 12.1. The SMILES string of the molecule is O=C(Nc1cccc(C2=CCCN2)c1)Nc1ccc(Cl)c(C(F)(F)F)c1. The molecule has 1 heterocycles. The van der Waals surface area contributed by atoms with E-state index < -0.39 is 22.8 Å². The molecule has 1 aliphatic rings. The fourth-order valence-electron chi connectivity index (χ4n) is 2.59. The van der Waals surface area contributed by atoms with Gasteiger partial charge in [-0.1, -0.05) is 29.8 Å². The molecule has 2 aromatic carbocycles. The van der Waals surface area contributed by atoms with E-state index in [9.17, 15) is 18.0 Å². The van der Waals surface area contributed by atoms with Crippen LogP contribution in [0.15, 0.2) is 48.5 Å². The van der Waals surface area contributed by atoms with Crippen molar-refractivity contribution in [3.63, 3.8) is 0 Å². The van der Waals surface area contributed by atoms with Gasteiger partial charge in [0, 0.05) is 23.6 Å². The minimum Gasteiger partial charge on any atom is -0.385 e. The maximum Gasteiger partial charge on any atom is 0.417 e. The van der Waals surface area contributed by atoms with E-state index >= 15 is 0 Å². The molecule has 0 saturated heterocycles. The summed E-state index contributed by atoms with van der Waals surface area (Å²) in [5.41, 5.74) is 1.43. The molecule has 0 bridgehead atoms. The number of anilines is 2. The number of hydrogen-bond donors (Lipinski definition) is 3. The molecule has 0 radical (unpaired) electrons. The fourth-order valence-corrected chi connectivity index (χ4v) is 2.82. The summed E-state index contributed by atoms with van der Waals surface area (Å²) in [6, 6.07) is 9.73. The Kier molecular flexibility index (Phi) is 5.08. The minimum absolute atomic E-state index is 0.00412. The molecule has 0 spiro atoms. The Labute approximate surface area is 153 Å². The third kappa shape index (κ3) is 4.29. The number of carbonyl (C=O) groups is 1. The maximum absolute atomic E-state index is 12.9. The van der Waals surface area contributed by atoms with Gasteiger partial charge >= 0.3 is 12.2 Å². The average Bonchev–Trinajstić information content (AvgIpc) is 3.10. The number of halogens is 4. The van der Waals surface area contributed by atoms with Gasteiger partial charge in [-0.25, -0.2) is 4.79 Å². The van der Waals surface area contributed by atoms with Gasteiger partial charge in [0.25, 0.3) is 0 Å². The van der Waals surface area contributed by atoms with Crippen LogP contribution in [0.5, 0.6) is 0 Å². The second kappa shape index (κ2) is 7.29. The summed E-state index contributed by atoms with van der Waals surface area (Å²) < 4.78 is 38.6. The van der Waals surface area contributed by atoms with Gasteiger partial charge in [0.15, 0.2) is 0 Å². The van der Waals surface area contributed by atoms with Gasteiger partial charge in [0.2, 0.25) is 0 Å². The van der Waals surface area contributed by atoms with Gasteiger partial charge < -0.3 is 16.0 Å². The lowest BCUT2D eigenvalue weighted by Crippen LogP contribution is -2.20. The molecule has 8 heteroatoms. The number of rotatable bonds is 3. The molecule has 1 aliphatic heterocycles. The Morgan fingerprint density at radius 3 is 2.46 bits per heavy atom. The minimum atomic E-state index is -4.60. The van der Waals surface area contributed by atoms with E-state index in [0.717, 1.165) is 36.4 Å². The van der Waals surface area contributed by atoms with Crippen LogP contribution in [0.3, 0.4) is 0 Å². The van der Waals surface area contributed by atoms with E-state index in [-0.39, 0.29) is 5.69 Å². The summed E-state index contributed by atoms with van der Waals surface area (Å²) >= 11 is 5.57.